The maximum Gasteiger partial charge on any atom is 0.325 e. The molecular weight excluding hydrogens is 387 g/mol. The van der Waals surface area contributed by atoms with E-state index in [1.165, 1.54) is 12.1 Å². The van der Waals surface area contributed by atoms with Crippen molar-refractivity contribution >= 4 is 52.4 Å². The van der Waals surface area contributed by atoms with E-state index < -0.39 is 18.5 Å². The van der Waals surface area contributed by atoms with E-state index in [1.54, 1.807) is 6.07 Å². The van der Waals surface area contributed by atoms with Gasteiger partial charge in [0.2, 0.25) is 0 Å². The van der Waals surface area contributed by atoms with Gasteiger partial charge in [0.05, 0.1) is 15.1 Å². The summed E-state index contributed by atoms with van der Waals surface area (Å²) in [7, 11) is 0. The first-order valence-corrected chi connectivity index (χ1v) is 8.35. The molecule has 0 fully saturated rings. The van der Waals surface area contributed by atoms with Crippen molar-refractivity contribution in [2.45, 2.75) is 13.8 Å². The summed E-state index contributed by atoms with van der Waals surface area (Å²) in [5.74, 6) is -0.439. The number of hydrogen-bond donors (Lipinski definition) is 2. The molecule has 2 aromatic rings. The zero-order valence-corrected chi connectivity index (χ0v) is 15.7. The van der Waals surface area contributed by atoms with Crippen LogP contribution in [0.1, 0.15) is 11.1 Å². The number of hydrogen-bond acceptors (Lipinski definition) is 3. The van der Waals surface area contributed by atoms with Crippen LogP contribution in [0.15, 0.2) is 30.3 Å². The third kappa shape index (κ3) is 5.53. The first-order chi connectivity index (χ1) is 11.8. The van der Waals surface area contributed by atoms with Crippen LogP contribution in [-0.4, -0.2) is 18.5 Å². The molecule has 0 atom stereocenters. The second kappa shape index (κ2) is 8.43. The quantitative estimate of drug-likeness (QED) is 0.709. The monoisotopic (exact) mass is 400 g/mol. The highest BCUT2D eigenvalue weighted by Crippen LogP contribution is 2.33. The average Bonchev–Trinajstić information content (AvgIpc) is 2.52. The van der Waals surface area contributed by atoms with Crippen LogP contribution >= 0.6 is 34.8 Å². The van der Waals surface area contributed by atoms with Gasteiger partial charge in [0.1, 0.15) is 5.75 Å². The Morgan fingerprint density at radius 3 is 2.36 bits per heavy atom. The summed E-state index contributed by atoms with van der Waals surface area (Å²) >= 11 is 17.6. The highest BCUT2D eigenvalue weighted by molar-refractivity contribution is 6.43. The molecule has 0 saturated carbocycles. The third-order valence-electron chi connectivity index (χ3n) is 3.22. The number of anilines is 1. The molecule has 0 bridgehead atoms. The Hall–Kier alpha value is -1.95. The Kier molecular flexibility index (Phi) is 6.53. The maximum absolute atomic E-state index is 11.9. The standard InChI is InChI=1S/C17H15Cl3N2O3/c1-9-3-4-14(10(2)5-9)21-17(24)22-16(23)8-25-15-7-12(19)11(18)6-13(15)20/h3-7H,8H2,1-2H3,(H2,21,22,23,24). The topological polar surface area (TPSA) is 67.4 Å². The Morgan fingerprint density at radius 2 is 1.68 bits per heavy atom. The zero-order valence-electron chi connectivity index (χ0n) is 13.5. The molecule has 2 aromatic carbocycles. The van der Waals surface area contributed by atoms with Gasteiger partial charge >= 0.3 is 6.03 Å². The Morgan fingerprint density at radius 1 is 1.00 bits per heavy atom. The molecule has 25 heavy (non-hydrogen) atoms. The van der Waals surface area contributed by atoms with Gasteiger partial charge in [0.15, 0.2) is 6.61 Å². The summed E-state index contributed by atoms with van der Waals surface area (Å²) in [6.07, 6.45) is 0. The largest absolute Gasteiger partial charge is 0.482 e. The van der Waals surface area contributed by atoms with E-state index in [-0.39, 0.29) is 20.8 Å². The van der Waals surface area contributed by atoms with E-state index in [0.29, 0.717) is 5.69 Å². The summed E-state index contributed by atoms with van der Waals surface area (Å²) < 4.78 is 5.26. The number of amides is 3. The zero-order chi connectivity index (χ0) is 18.6. The van der Waals surface area contributed by atoms with Crippen LogP contribution in [0.3, 0.4) is 0 Å². The van der Waals surface area contributed by atoms with Gasteiger partial charge in [-0.25, -0.2) is 4.79 Å². The summed E-state index contributed by atoms with van der Waals surface area (Å²) in [6.45, 7) is 3.41. The molecule has 3 amide bonds. The molecule has 5 nitrogen and oxygen atoms in total. The van der Waals surface area contributed by atoms with E-state index >= 15 is 0 Å². The van der Waals surface area contributed by atoms with E-state index in [0.717, 1.165) is 11.1 Å². The second-order valence-electron chi connectivity index (χ2n) is 5.31. The van der Waals surface area contributed by atoms with Gasteiger partial charge in [-0.2, -0.15) is 0 Å². The van der Waals surface area contributed by atoms with E-state index in [1.807, 2.05) is 26.0 Å². The summed E-state index contributed by atoms with van der Waals surface area (Å²) in [6, 6.07) is 7.70. The lowest BCUT2D eigenvalue weighted by Crippen LogP contribution is -2.37. The number of rotatable bonds is 4. The lowest BCUT2D eigenvalue weighted by atomic mass is 10.1. The Labute approximate surface area is 160 Å². The minimum atomic E-state index is -0.652. The molecular formula is C17H15Cl3N2O3. The first-order valence-electron chi connectivity index (χ1n) is 7.21. The molecule has 2 N–H and O–H groups in total. The fourth-order valence-corrected chi connectivity index (χ4v) is 2.62. The number of carbonyl (C=O) groups excluding carboxylic acids is 2. The smallest absolute Gasteiger partial charge is 0.325 e. The molecule has 0 spiro atoms. The summed E-state index contributed by atoms with van der Waals surface area (Å²) in [5, 5.41) is 5.50. The van der Waals surface area contributed by atoms with Crippen molar-refractivity contribution in [2.24, 2.45) is 0 Å². The number of imide groups is 1. The highest BCUT2D eigenvalue weighted by atomic mass is 35.5. The van der Waals surface area contributed by atoms with E-state index in [4.69, 9.17) is 39.5 Å². The normalized spacial score (nSPS) is 10.3. The first kappa shape index (κ1) is 19.4. The van der Waals surface area contributed by atoms with Crippen molar-refractivity contribution in [3.05, 3.63) is 56.5 Å². The minimum absolute atomic E-state index is 0.195. The van der Waals surface area contributed by atoms with Crippen LogP contribution < -0.4 is 15.4 Å². The lowest BCUT2D eigenvalue weighted by Gasteiger charge is -2.11. The van der Waals surface area contributed by atoms with Crippen LogP contribution in [-0.2, 0) is 4.79 Å². The minimum Gasteiger partial charge on any atom is -0.482 e. The number of halogens is 3. The van der Waals surface area contributed by atoms with Crippen molar-refractivity contribution in [1.29, 1.82) is 0 Å². The molecule has 0 aliphatic carbocycles. The molecule has 0 aromatic heterocycles. The summed E-state index contributed by atoms with van der Waals surface area (Å²) in [5.41, 5.74) is 2.58. The van der Waals surface area contributed by atoms with E-state index in [9.17, 15) is 9.59 Å². The van der Waals surface area contributed by atoms with Gasteiger partial charge < -0.3 is 10.1 Å². The molecule has 0 heterocycles. The number of aryl methyl sites for hydroxylation is 2. The number of ether oxygens (including phenoxy) is 1. The number of urea groups is 1. The molecule has 0 aliphatic heterocycles. The number of benzene rings is 2. The average molecular weight is 402 g/mol. The lowest BCUT2D eigenvalue weighted by molar-refractivity contribution is -0.121. The molecule has 8 heteroatoms. The van der Waals surface area contributed by atoms with Gasteiger partial charge in [-0.1, -0.05) is 52.5 Å². The van der Waals surface area contributed by atoms with Gasteiger partial charge in [-0.15, -0.1) is 0 Å². The van der Waals surface area contributed by atoms with Crippen LogP contribution in [0.25, 0.3) is 0 Å². The van der Waals surface area contributed by atoms with Crippen molar-refractivity contribution in [2.75, 3.05) is 11.9 Å². The van der Waals surface area contributed by atoms with Crippen molar-refractivity contribution in [3.8, 4) is 5.75 Å². The Bertz CT molecular complexity index is 825. The van der Waals surface area contributed by atoms with Gasteiger partial charge in [-0.05, 0) is 31.5 Å². The van der Waals surface area contributed by atoms with Gasteiger partial charge in [-0.3, -0.25) is 10.1 Å². The third-order valence-corrected chi connectivity index (χ3v) is 4.23. The molecule has 0 radical (unpaired) electrons. The molecule has 0 unspecified atom stereocenters. The van der Waals surface area contributed by atoms with Crippen LogP contribution in [0.2, 0.25) is 15.1 Å². The highest BCUT2D eigenvalue weighted by Gasteiger charge is 2.12. The van der Waals surface area contributed by atoms with Gasteiger partial charge in [0.25, 0.3) is 5.91 Å². The van der Waals surface area contributed by atoms with Crippen molar-refractivity contribution in [1.82, 2.24) is 5.32 Å². The molecule has 0 saturated heterocycles. The molecule has 2 rings (SSSR count). The molecule has 0 aliphatic rings. The number of carbonyl (C=O) groups is 2. The van der Waals surface area contributed by atoms with Crippen LogP contribution in [0.5, 0.6) is 5.75 Å². The van der Waals surface area contributed by atoms with Gasteiger partial charge in [0, 0.05) is 11.8 Å². The summed E-state index contributed by atoms with van der Waals surface area (Å²) in [4.78, 5) is 23.7. The van der Waals surface area contributed by atoms with Crippen molar-refractivity contribution in [3.63, 3.8) is 0 Å². The SMILES string of the molecule is Cc1ccc(NC(=O)NC(=O)COc2cc(Cl)c(Cl)cc2Cl)c(C)c1. The maximum atomic E-state index is 11.9. The predicted octanol–water partition coefficient (Wildman–Crippen LogP) is 4.99. The predicted molar refractivity (Wildman–Crippen MR) is 100 cm³/mol. The van der Waals surface area contributed by atoms with E-state index in [2.05, 4.69) is 10.6 Å². The van der Waals surface area contributed by atoms with Crippen molar-refractivity contribution < 1.29 is 14.3 Å². The fourth-order valence-electron chi connectivity index (χ4n) is 2.03. The van der Waals surface area contributed by atoms with Crippen LogP contribution in [0.4, 0.5) is 10.5 Å². The molecule has 132 valence electrons. The second-order valence-corrected chi connectivity index (χ2v) is 6.53. The fraction of sp³-hybridized carbons (Fsp3) is 0.176. The Balaban J connectivity index is 1.89. The van der Waals surface area contributed by atoms with Crippen LogP contribution in [0, 0.1) is 13.8 Å². The number of nitrogens with one attached hydrogen (secondary N) is 2.